The van der Waals surface area contributed by atoms with Crippen molar-refractivity contribution in [2.75, 3.05) is 5.32 Å². The maximum atomic E-state index is 12.5. The predicted molar refractivity (Wildman–Crippen MR) is 129 cm³/mol. The van der Waals surface area contributed by atoms with Crippen molar-refractivity contribution in [3.05, 3.63) is 93.2 Å². The molecule has 0 radical (unpaired) electrons. The largest absolute Gasteiger partial charge is 0.486 e. The molecule has 0 atom stereocenters. The van der Waals surface area contributed by atoms with Crippen molar-refractivity contribution in [3.63, 3.8) is 0 Å². The molecule has 1 N–H and O–H groups in total. The summed E-state index contributed by atoms with van der Waals surface area (Å²) in [5, 5.41) is 7.00. The molecule has 0 saturated carbocycles. The minimum Gasteiger partial charge on any atom is -0.486 e. The van der Waals surface area contributed by atoms with E-state index in [1.165, 1.54) is 5.56 Å². The molecule has 164 valence electrons. The molecule has 0 aliphatic heterocycles. The maximum absolute atomic E-state index is 12.5. The van der Waals surface area contributed by atoms with Crippen LogP contribution >= 0.6 is 22.6 Å². The predicted octanol–water partition coefficient (Wildman–Crippen LogP) is 5.57. The fraction of sp³-hybridized carbons (Fsp3) is 0.167. The van der Waals surface area contributed by atoms with Crippen LogP contribution < -0.4 is 14.8 Å². The van der Waals surface area contributed by atoms with Gasteiger partial charge in [-0.05, 0) is 84.5 Å². The quantitative estimate of drug-likeness (QED) is 0.295. The highest BCUT2D eigenvalue weighted by Gasteiger charge is 2.13. The van der Waals surface area contributed by atoms with E-state index in [0.29, 0.717) is 11.4 Å². The number of hydrogen-bond acceptors (Lipinski definition) is 5. The van der Waals surface area contributed by atoms with Crippen LogP contribution in [0.3, 0.4) is 0 Å². The van der Waals surface area contributed by atoms with Gasteiger partial charge in [-0.3, -0.25) is 4.79 Å². The topological polar surface area (TPSA) is 78.5 Å². The molecule has 0 saturated heterocycles. The fourth-order valence-corrected chi connectivity index (χ4v) is 3.41. The molecule has 0 aliphatic rings. The van der Waals surface area contributed by atoms with Crippen molar-refractivity contribution in [1.82, 2.24) is 9.78 Å². The third-order valence-corrected chi connectivity index (χ3v) is 5.37. The number of anilines is 1. The summed E-state index contributed by atoms with van der Waals surface area (Å²) in [4.78, 5) is 12.5. The number of amides is 1. The average Bonchev–Trinajstić information content (AvgIpc) is 3.42. The van der Waals surface area contributed by atoms with E-state index < -0.39 is 0 Å². The number of rotatable bonds is 8. The van der Waals surface area contributed by atoms with Gasteiger partial charge < -0.3 is 19.2 Å². The number of hydrogen-bond donors (Lipinski definition) is 1. The molecule has 1 amide bonds. The standard InChI is InChI=1S/C24H22IN3O4/c1-16-3-9-22(17(2)11-16)31-15-28-13-19(12-26-28)27-24(29)23-10-8-21(32-23)14-30-20-6-4-18(25)5-7-20/h3-13H,14-15H2,1-2H3,(H,27,29). The Kier molecular flexibility index (Phi) is 6.79. The van der Waals surface area contributed by atoms with Gasteiger partial charge in [0.1, 0.15) is 23.9 Å². The van der Waals surface area contributed by atoms with Gasteiger partial charge in [-0.1, -0.05) is 17.7 Å². The fourth-order valence-electron chi connectivity index (χ4n) is 3.05. The van der Waals surface area contributed by atoms with Gasteiger partial charge in [0.05, 0.1) is 18.1 Å². The van der Waals surface area contributed by atoms with Crippen molar-refractivity contribution in [2.45, 2.75) is 27.2 Å². The van der Waals surface area contributed by atoms with Gasteiger partial charge in [0, 0.05) is 3.57 Å². The molecular weight excluding hydrogens is 521 g/mol. The highest BCUT2D eigenvalue weighted by atomic mass is 127. The third kappa shape index (κ3) is 5.70. The van der Waals surface area contributed by atoms with E-state index in [1.807, 2.05) is 50.2 Å². The van der Waals surface area contributed by atoms with Crippen molar-refractivity contribution >= 4 is 34.2 Å². The second kappa shape index (κ2) is 9.90. The summed E-state index contributed by atoms with van der Waals surface area (Å²) in [6.07, 6.45) is 3.26. The second-order valence-corrected chi connectivity index (χ2v) is 8.52. The average molecular weight is 543 g/mol. The first-order valence-corrected chi connectivity index (χ1v) is 11.0. The number of aryl methyl sites for hydroxylation is 2. The van der Waals surface area contributed by atoms with E-state index in [1.54, 1.807) is 29.2 Å². The van der Waals surface area contributed by atoms with Crippen molar-refractivity contribution in [2.24, 2.45) is 0 Å². The molecule has 2 heterocycles. The van der Waals surface area contributed by atoms with Gasteiger partial charge in [0.25, 0.3) is 5.91 Å². The highest BCUT2D eigenvalue weighted by molar-refractivity contribution is 14.1. The van der Waals surface area contributed by atoms with Crippen molar-refractivity contribution in [3.8, 4) is 11.5 Å². The number of furan rings is 1. The van der Waals surface area contributed by atoms with E-state index in [0.717, 1.165) is 20.6 Å². The molecule has 0 unspecified atom stereocenters. The van der Waals surface area contributed by atoms with Gasteiger partial charge in [-0.2, -0.15) is 5.10 Å². The Morgan fingerprint density at radius 3 is 2.69 bits per heavy atom. The van der Waals surface area contributed by atoms with Crippen LogP contribution in [-0.4, -0.2) is 15.7 Å². The van der Waals surface area contributed by atoms with Crippen LogP contribution in [-0.2, 0) is 13.3 Å². The molecule has 0 spiro atoms. The summed E-state index contributed by atoms with van der Waals surface area (Å²) in [5.41, 5.74) is 2.79. The first kappa shape index (κ1) is 21.9. The number of nitrogens with one attached hydrogen (secondary N) is 1. The minimum atomic E-state index is -0.361. The zero-order chi connectivity index (χ0) is 22.5. The first-order chi connectivity index (χ1) is 15.5. The Morgan fingerprint density at radius 2 is 1.91 bits per heavy atom. The normalized spacial score (nSPS) is 10.7. The van der Waals surface area contributed by atoms with E-state index in [2.05, 4.69) is 39.1 Å². The van der Waals surface area contributed by atoms with E-state index in [4.69, 9.17) is 13.9 Å². The van der Waals surface area contributed by atoms with Crippen LogP contribution in [0.15, 0.2) is 71.4 Å². The smallest absolute Gasteiger partial charge is 0.291 e. The van der Waals surface area contributed by atoms with Crippen LogP contribution in [0.25, 0.3) is 0 Å². The van der Waals surface area contributed by atoms with Gasteiger partial charge in [-0.25, -0.2) is 4.68 Å². The Balaban J connectivity index is 1.29. The van der Waals surface area contributed by atoms with E-state index in [-0.39, 0.29) is 25.0 Å². The number of aromatic nitrogens is 2. The Bertz CT molecular complexity index is 1210. The summed E-state index contributed by atoms with van der Waals surface area (Å²) in [6.45, 7) is 4.51. The Morgan fingerprint density at radius 1 is 1.09 bits per heavy atom. The SMILES string of the molecule is Cc1ccc(OCn2cc(NC(=O)c3ccc(COc4ccc(I)cc4)o3)cn2)c(C)c1. The van der Waals surface area contributed by atoms with Crippen molar-refractivity contribution < 1.29 is 18.7 Å². The maximum Gasteiger partial charge on any atom is 0.291 e. The lowest BCUT2D eigenvalue weighted by molar-refractivity contribution is 0.0992. The molecule has 0 fully saturated rings. The molecule has 7 nitrogen and oxygen atoms in total. The minimum absolute atomic E-state index is 0.200. The Labute approximate surface area is 199 Å². The Hall–Kier alpha value is -3.27. The summed E-state index contributed by atoms with van der Waals surface area (Å²) in [7, 11) is 0. The number of carbonyl (C=O) groups is 1. The van der Waals surface area contributed by atoms with E-state index in [9.17, 15) is 4.79 Å². The number of nitrogens with zero attached hydrogens (tertiary/aromatic N) is 2. The molecule has 0 bridgehead atoms. The molecule has 2 aromatic carbocycles. The summed E-state index contributed by atoms with van der Waals surface area (Å²) < 4.78 is 19.8. The van der Waals surface area contributed by atoms with Crippen LogP contribution in [0.2, 0.25) is 0 Å². The first-order valence-electron chi connectivity index (χ1n) is 9.97. The molecule has 8 heteroatoms. The summed E-state index contributed by atoms with van der Waals surface area (Å²) in [5.74, 6) is 1.94. The molecule has 4 aromatic rings. The van der Waals surface area contributed by atoms with Crippen molar-refractivity contribution in [1.29, 1.82) is 0 Å². The van der Waals surface area contributed by atoms with Crippen LogP contribution in [0.5, 0.6) is 11.5 Å². The summed E-state index contributed by atoms with van der Waals surface area (Å²) >= 11 is 2.24. The third-order valence-electron chi connectivity index (χ3n) is 4.65. The number of benzene rings is 2. The number of halogens is 1. The number of carbonyl (C=O) groups excluding carboxylic acids is 1. The summed E-state index contributed by atoms with van der Waals surface area (Å²) in [6, 6.07) is 17.0. The lowest BCUT2D eigenvalue weighted by atomic mass is 10.1. The monoisotopic (exact) mass is 543 g/mol. The molecule has 32 heavy (non-hydrogen) atoms. The zero-order valence-corrected chi connectivity index (χ0v) is 19.8. The van der Waals surface area contributed by atoms with Gasteiger partial charge in [0.15, 0.2) is 12.5 Å². The highest BCUT2D eigenvalue weighted by Crippen LogP contribution is 2.20. The second-order valence-electron chi connectivity index (χ2n) is 7.27. The molecule has 2 aromatic heterocycles. The van der Waals surface area contributed by atoms with Crippen LogP contribution in [0, 0.1) is 17.4 Å². The molecular formula is C24H22IN3O4. The van der Waals surface area contributed by atoms with Gasteiger partial charge >= 0.3 is 0 Å². The van der Waals surface area contributed by atoms with Gasteiger partial charge in [0.2, 0.25) is 0 Å². The lowest BCUT2D eigenvalue weighted by Crippen LogP contribution is -2.10. The zero-order valence-electron chi connectivity index (χ0n) is 17.7. The molecule has 0 aliphatic carbocycles. The number of ether oxygens (including phenoxy) is 2. The van der Waals surface area contributed by atoms with Crippen LogP contribution in [0.1, 0.15) is 27.4 Å². The lowest BCUT2D eigenvalue weighted by Gasteiger charge is -2.09. The van der Waals surface area contributed by atoms with Crippen LogP contribution in [0.4, 0.5) is 5.69 Å². The van der Waals surface area contributed by atoms with Gasteiger partial charge in [-0.15, -0.1) is 0 Å². The van der Waals surface area contributed by atoms with E-state index >= 15 is 0 Å². The molecule has 4 rings (SSSR count).